The Bertz CT molecular complexity index is 769. The van der Waals surface area contributed by atoms with Gasteiger partial charge in [-0.1, -0.05) is 6.92 Å². The van der Waals surface area contributed by atoms with Crippen LogP contribution < -0.4 is 4.74 Å². The molecule has 0 aliphatic carbocycles. The van der Waals surface area contributed by atoms with Crippen molar-refractivity contribution in [1.82, 2.24) is 9.88 Å². The number of hydrogen-bond acceptors (Lipinski definition) is 3. The highest BCUT2D eigenvalue weighted by Crippen LogP contribution is 2.31. The average Bonchev–Trinajstić information content (AvgIpc) is 2.91. The number of aromatic amines is 1. The monoisotopic (exact) mass is 400 g/mol. The second-order valence-electron chi connectivity index (χ2n) is 5.56. The van der Waals surface area contributed by atoms with Gasteiger partial charge in [-0.2, -0.15) is 0 Å². The minimum atomic E-state index is -2.54. The zero-order valence-corrected chi connectivity index (χ0v) is 15.3. The van der Waals surface area contributed by atoms with E-state index in [0.29, 0.717) is 27.9 Å². The van der Waals surface area contributed by atoms with E-state index in [1.54, 1.807) is 24.4 Å². The third-order valence-corrected chi connectivity index (χ3v) is 3.99. The van der Waals surface area contributed by atoms with Crippen molar-refractivity contribution in [2.24, 2.45) is 0 Å². The molecule has 2 aromatic rings. The van der Waals surface area contributed by atoms with E-state index < -0.39 is 13.0 Å². The van der Waals surface area contributed by atoms with E-state index in [2.05, 4.69) is 20.9 Å². The van der Waals surface area contributed by atoms with Gasteiger partial charge in [0.2, 0.25) is 5.78 Å². The summed E-state index contributed by atoms with van der Waals surface area (Å²) in [5.41, 5.74) is 1.87. The van der Waals surface area contributed by atoms with Crippen LogP contribution in [-0.4, -0.2) is 42.8 Å². The molecule has 0 amide bonds. The number of benzene rings is 1. The average molecular weight is 401 g/mol. The van der Waals surface area contributed by atoms with Gasteiger partial charge in [0.15, 0.2) is 0 Å². The first-order chi connectivity index (χ1) is 11.3. The number of ketones is 1. The van der Waals surface area contributed by atoms with Crippen LogP contribution in [0.4, 0.5) is 8.78 Å². The quantitative estimate of drug-likeness (QED) is 0.544. The Morgan fingerprint density at radius 2 is 2.08 bits per heavy atom. The molecule has 0 saturated heterocycles. The Kier molecular flexibility index (Phi) is 5.99. The summed E-state index contributed by atoms with van der Waals surface area (Å²) >= 11 is 3.30. The summed E-state index contributed by atoms with van der Waals surface area (Å²) in [5.74, 6) is 0.230. The van der Waals surface area contributed by atoms with Crippen molar-refractivity contribution < 1.29 is 18.3 Å². The highest BCUT2D eigenvalue weighted by molar-refractivity contribution is 9.10. The number of ether oxygens (including phenoxy) is 1. The molecule has 0 radical (unpaired) electrons. The number of alkyl halides is 2. The van der Waals surface area contributed by atoms with Crippen LogP contribution >= 0.6 is 15.9 Å². The van der Waals surface area contributed by atoms with Gasteiger partial charge in [-0.15, -0.1) is 0 Å². The lowest BCUT2D eigenvalue weighted by molar-refractivity contribution is 0.0816. The number of aromatic nitrogens is 1. The molecule has 2 rings (SSSR count). The summed E-state index contributed by atoms with van der Waals surface area (Å²) < 4.78 is 30.2. The molecule has 7 heteroatoms. The van der Waals surface area contributed by atoms with Gasteiger partial charge in [-0.05, 0) is 40.5 Å². The highest BCUT2D eigenvalue weighted by atomic mass is 79.9. The largest absolute Gasteiger partial charge is 0.486 e. The fraction of sp³-hybridized carbons (Fsp3) is 0.353. The van der Waals surface area contributed by atoms with Crippen molar-refractivity contribution >= 4 is 32.6 Å². The number of hydrogen-bond donors (Lipinski definition) is 1. The Morgan fingerprint density at radius 1 is 1.38 bits per heavy atom. The van der Waals surface area contributed by atoms with Crippen LogP contribution in [0.25, 0.3) is 10.9 Å². The first-order valence-electron chi connectivity index (χ1n) is 7.46. The van der Waals surface area contributed by atoms with Crippen LogP contribution in [0.5, 0.6) is 5.75 Å². The SMILES string of the molecule is CC/C(=C\N(C)C)C(=O)c1cc2cc(OCC(F)F)c(Br)cc2[nH]1. The maximum atomic E-state index is 12.6. The third-order valence-electron chi connectivity index (χ3n) is 3.37. The number of H-pyrrole nitrogens is 1. The summed E-state index contributed by atoms with van der Waals surface area (Å²) in [5, 5.41) is 0.728. The fourth-order valence-corrected chi connectivity index (χ4v) is 2.77. The van der Waals surface area contributed by atoms with Crippen LogP contribution in [0.1, 0.15) is 23.8 Å². The second-order valence-corrected chi connectivity index (χ2v) is 6.41. The maximum absolute atomic E-state index is 12.6. The van der Waals surface area contributed by atoms with Gasteiger partial charge in [0.05, 0.1) is 10.2 Å². The number of nitrogens with zero attached hydrogens (tertiary/aromatic N) is 1. The topological polar surface area (TPSA) is 45.3 Å². The molecule has 0 aliphatic heterocycles. The van der Waals surface area contributed by atoms with E-state index in [-0.39, 0.29) is 5.78 Å². The molecule has 0 unspecified atom stereocenters. The molecule has 4 nitrogen and oxygen atoms in total. The predicted molar refractivity (Wildman–Crippen MR) is 93.9 cm³/mol. The van der Waals surface area contributed by atoms with E-state index in [4.69, 9.17) is 4.74 Å². The van der Waals surface area contributed by atoms with Gasteiger partial charge >= 0.3 is 0 Å². The van der Waals surface area contributed by atoms with Gasteiger partial charge in [-0.25, -0.2) is 8.78 Å². The molecule has 0 fully saturated rings. The molecule has 0 saturated carbocycles. The summed E-state index contributed by atoms with van der Waals surface area (Å²) in [6.45, 7) is 1.24. The van der Waals surface area contributed by atoms with Crippen molar-refractivity contribution in [3.8, 4) is 5.75 Å². The molecule has 24 heavy (non-hydrogen) atoms. The van der Waals surface area contributed by atoms with Crippen molar-refractivity contribution in [3.63, 3.8) is 0 Å². The van der Waals surface area contributed by atoms with Gasteiger partial charge in [-0.3, -0.25) is 4.79 Å². The van der Waals surface area contributed by atoms with Gasteiger partial charge in [0, 0.05) is 36.8 Å². The van der Waals surface area contributed by atoms with Gasteiger partial charge < -0.3 is 14.6 Å². The molecule has 0 bridgehead atoms. The number of rotatable bonds is 7. The summed E-state index contributed by atoms with van der Waals surface area (Å²) in [6.07, 6.45) is -0.140. The number of fused-ring (bicyclic) bond motifs is 1. The van der Waals surface area contributed by atoms with E-state index in [0.717, 1.165) is 10.9 Å². The van der Waals surface area contributed by atoms with E-state index in [1.807, 2.05) is 25.9 Å². The first-order valence-corrected chi connectivity index (χ1v) is 8.26. The standard InChI is InChI=1S/C17H19BrF2N2O2/c1-4-10(8-22(2)3)17(23)14-5-11-6-15(24-9-16(19)20)12(18)7-13(11)21-14/h5-8,16,21H,4,9H2,1-3H3/b10-8+. The van der Waals surface area contributed by atoms with Crippen molar-refractivity contribution in [1.29, 1.82) is 0 Å². The van der Waals surface area contributed by atoms with Crippen molar-refractivity contribution in [3.05, 3.63) is 40.1 Å². The molecule has 0 atom stereocenters. The molecule has 1 aromatic carbocycles. The fourth-order valence-electron chi connectivity index (χ4n) is 2.31. The minimum Gasteiger partial charge on any atom is -0.486 e. The Labute approximate surface area is 147 Å². The van der Waals surface area contributed by atoms with Crippen LogP contribution in [0.3, 0.4) is 0 Å². The lowest BCUT2D eigenvalue weighted by Crippen LogP contribution is -2.09. The highest BCUT2D eigenvalue weighted by Gasteiger charge is 2.16. The number of carbonyl (C=O) groups excluding carboxylic acids is 1. The van der Waals surface area contributed by atoms with Gasteiger partial charge in [0.25, 0.3) is 6.43 Å². The van der Waals surface area contributed by atoms with Crippen LogP contribution in [0, 0.1) is 0 Å². The number of carbonyl (C=O) groups is 1. The van der Waals surface area contributed by atoms with E-state index >= 15 is 0 Å². The zero-order chi connectivity index (χ0) is 17.9. The number of Topliss-reactive ketones (excluding diaryl/α,β-unsaturated/α-hetero) is 1. The third kappa shape index (κ3) is 4.35. The Hall–Kier alpha value is -1.89. The summed E-state index contributed by atoms with van der Waals surface area (Å²) in [4.78, 5) is 17.5. The molecule has 1 N–H and O–H groups in total. The van der Waals surface area contributed by atoms with Crippen molar-refractivity contribution in [2.75, 3.05) is 20.7 Å². The lowest BCUT2D eigenvalue weighted by atomic mass is 10.1. The molecule has 0 spiro atoms. The smallest absolute Gasteiger partial charge is 0.272 e. The number of allylic oxidation sites excluding steroid dienone is 1. The van der Waals surface area contributed by atoms with Crippen LogP contribution in [-0.2, 0) is 0 Å². The molecular formula is C17H19BrF2N2O2. The maximum Gasteiger partial charge on any atom is 0.272 e. The molecular weight excluding hydrogens is 382 g/mol. The summed E-state index contributed by atoms with van der Waals surface area (Å²) in [6, 6.07) is 5.06. The van der Waals surface area contributed by atoms with E-state index in [1.165, 1.54) is 0 Å². The number of nitrogens with one attached hydrogen (secondary N) is 1. The molecule has 1 heterocycles. The molecule has 130 valence electrons. The van der Waals surface area contributed by atoms with Gasteiger partial charge in [0.1, 0.15) is 12.4 Å². The Morgan fingerprint density at radius 3 is 2.67 bits per heavy atom. The normalized spacial score (nSPS) is 12.0. The zero-order valence-electron chi connectivity index (χ0n) is 13.7. The predicted octanol–water partition coefficient (Wildman–Crippen LogP) is 4.61. The number of halogens is 3. The minimum absolute atomic E-state index is 0.0893. The Balaban J connectivity index is 2.35. The first kappa shape index (κ1) is 18.4. The second kappa shape index (κ2) is 7.79. The van der Waals surface area contributed by atoms with Crippen LogP contribution in [0.2, 0.25) is 0 Å². The van der Waals surface area contributed by atoms with Crippen LogP contribution in [0.15, 0.2) is 34.4 Å². The van der Waals surface area contributed by atoms with E-state index in [9.17, 15) is 13.6 Å². The summed E-state index contributed by atoms with van der Waals surface area (Å²) in [7, 11) is 3.72. The molecule has 0 aliphatic rings. The molecule has 1 aromatic heterocycles. The van der Waals surface area contributed by atoms with Crippen molar-refractivity contribution in [2.45, 2.75) is 19.8 Å². The lowest BCUT2D eigenvalue weighted by Gasteiger charge is -2.08.